The lowest BCUT2D eigenvalue weighted by molar-refractivity contribution is 0.0743. The molecule has 0 atom stereocenters. The molecule has 31 heavy (non-hydrogen) atoms. The summed E-state index contributed by atoms with van der Waals surface area (Å²) in [4.78, 5) is 17.0. The molecule has 0 bridgehead atoms. The number of nitrogens with zero attached hydrogens (tertiary/aromatic N) is 4. The minimum Gasteiger partial charge on any atom is -0.497 e. The molecule has 8 heteroatoms. The molecule has 1 aromatic heterocycles. The van der Waals surface area contributed by atoms with Gasteiger partial charge in [0.05, 0.1) is 30.5 Å². The largest absolute Gasteiger partial charge is 0.497 e. The molecule has 0 unspecified atom stereocenters. The van der Waals surface area contributed by atoms with Crippen molar-refractivity contribution in [2.24, 2.45) is 0 Å². The first-order valence-corrected chi connectivity index (χ1v) is 10.3. The predicted octanol–water partition coefficient (Wildman–Crippen LogP) is 3.78. The monoisotopic (exact) mass is 438 g/mol. The van der Waals surface area contributed by atoms with E-state index in [1.807, 2.05) is 41.3 Å². The quantitative estimate of drug-likeness (QED) is 0.604. The second kappa shape index (κ2) is 9.22. The van der Waals surface area contributed by atoms with Crippen LogP contribution < -0.4 is 14.4 Å². The molecule has 2 heterocycles. The summed E-state index contributed by atoms with van der Waals surface area (Å²) < 4.78 is 10.6. The van der Waals surface area contributed by atoms with Gasteiger partial charge in [-0.05, 0) is 30.3 Å². The van der Waals surface area contributed by atoms with E-state index in [0.717, 1.165) is 17.1 Å². The van der Waals surface area contributed by atoms with Crippen LogP contribution in [0.2, 0.25) is 5.02 Å². The Labute approximate surface area is 186 Å². The lowest BCUT2D eigenvalue weighted by Crippen LogP contribution is -2.49. The van der Waals surface area contributed by atoms with Crippen molar-refractivity contribution in [3.8, 4) is 22.8 Å². The number of ether oxygens (including phenoxy) is 2. The highest BCUT2D eigenvalue weighted by Gasteiger charge is 2.25. The fourth-order valence-corrected chi connectivity index (χ4v) is 3.82. The SMILES string of the molecule is COc1ccc(C(=O)N2CCN(c3ccc(-c4ccccc4Cl)nn3)CC2)c(OC)c1. The van der Waals surface area contributed by atoms with E-state index in [0.29, 0.717) is 48.3 Å². The second-order valence-electron chi connectivity index (χ2n) is 7.10. The predicted molar refractivity (Wildman–Crippen MR) is 120 cm³/mol. The zero-order valence-corrected chi connectivity index (χ0v) is 18.2. The molecular formula is C23H23ClN4O3. The number of rotatable bonds is 5. The van der Waals surface area contributed by atoms with E-state index in [9.17, 15) is 4.79 Å². The normalized spacial score (nSPS) is 13.8. The molecule has 1 aliphatic heterocycles. The third-order valence-corrected chi connectivity index (χ3v) is 5.66. The summed E-state index contributed by atoms with van der Waals surface area (Å²) in [5.74, 6) is 1.88. The molecular weight excluding hydrogens is 416 g/mol. The van der Waals surface area contributed by atoms with Crippen LogP contribution >= 0.6 is 11.6 Å². The highest BCUT2D eigenvalue weighted by Crippen LogP contribution is 2.28. The van der Waals surface area contributed by atoms with Crippen LogP contribution in [0, 0.1) is 0 Å². The Balaban J connectivity index is 1.42. The van der Waals surface area contributed by atoms with Gasteiger partial charge in [0.1, 0.15) is 11.5 Å². The van der Waals surface area contributed by atoms with E-state index in [-0.39, 0.29) is 5.91 Å². The molecule has 1 fully saturated rings. The van der Waals surface area contributed by atoms with Gasteiger partial charge in [-0.15, -0.1) is 10.2 Å². The number of carbonyl (C=O) groups excluding carboxylic acids is 1. The maximum atomic E-state index is 13.0. The van der Waals surface area contributed by atoms with Gasteiger partial charge >= 0.3 is 0 Å². The lowest BCUT2D eigenvalue weighted by Gasteiger charge is -2.35. The number of aromatic nitrogens is 2. The van der Waals surface area contributed by atoms with Gasteiger partial charge in [0.2, 0.25) is 0 Å². The van der Waals surface area contributed by atoms with Crippen molar-refractivity contribution in [1.82, 2.24) is 15.1 Å². The average molecular weight is 439 g/mol. The molecule has 0 radical (unpaired) electrons. The number of methoxy groups -OCH3 is 2. The Morgan fingerprint density at radius 1 is 0.935 bits per heavy atom. The molecule has 1 amide bonds. The highest BCUT2D eigenvalue weighted by molar-refractivity contribution is 6.33. The maximum absolute atomic E-state index is 13.0. The van der Waals surface area contributed by atoms with Gasteiger partial charge in [-0.3, -0.25) is 4.79 Å². The van der Waals surface area contributed by atoms with Gasteiger partial charge in [0, 0.05) is 37.8 Å². The minimum absolute atomic E-state index is 0.0562. The van der Waals surface area contributed by atoms with Crippen LogP contribution in [0.15, 0.2) is 54.6 Å². The molecule has 1 aliphatic rings. The fraction of sp³-hybridized carbons (Fsp3) is 0.261. The van der Waals surface area contributed by atoms with Crippen molar-refractivity contribution < 1.29 is 14.3 Å². The van der Waals surface area contributed by atoms with Crippen LogP contribution in [0.3, 0.4) is 0 Å². The van der Waals surface area contributed by atoms with Crippen LogP contribution in [0.1, 0.15) is 10.4 Å². The van der Waals surface area contributed by atoms with E-state index >= 15 is 0 Å². The molecule has 4 rings (SSSR count). The summed E-state index contributed by atoms with van der Waals surface area (Å²) in [7, 11) is 3.13. The van der Waals surface area contributed by atoms with Crippen LogP contribution in [-0.4, -0.2) is 61.4 Å². The van der Waals surface area contributed by atoms with Gasteiger partial charge in [-0.25, -0.2) is 0 Å². The Morgan fingerprint density at radius 3 is 2.35 bits per heavy atom. The van der Waals surface area contributed by atoms with Crippen LogP contribution in [0.5, 0.6) is 11.5 Å². The minimum atomic E-state index is -0.0562. The van der Waals surface area contributed by atoms with Gasteiger partial charge in [-0.2, -0.15) is 0 Å². The molecule has 1 saturated heterocycles. The number of benzene rings is 2. The van der Waals surface area contributed by atoms with E-state index in [1.165, 1.54) is 0 Å². The number of hydrogen-bond acceptors (Lipinski definition) is 6. The third kappa shape index (κ3) is 4.41. The van der Waals surface area contributed by atoms with Gasteiger partial charge < -0.3 is 19.3 Å². The number of anilines is 1. The standard InChI is InChI=1S/C23H23ClN4O3/c1-30-16-7-8-18(21(15-16)31-2)23(29)28-13-11-27(12-14-28)22-10-9-20(25-26-22)17-5-3-4-6-19(17)24/h3-10,15H,11-14H2,1-2H3. The highest BCUT2D eigenvalue weighted by atomic mass is 35.5. The molecule has 0 saturated carbocycles. The first kappa shape index (κ1) is 20.9. The Morgan fingerprint density at radius 2 is 1.71 bits per heavy atom. The first-order valence-electron chi connectivity index (χ1n) is 9.95. The van der Waals surface area contributed by atoms with Crippen molar-refractivity contribution in [1.29, 1.82) is 0 Å². The van der Waals surface area contributed by atoms with Crippen LogP contribution in [0.25, 0.3) is 11.3 Å². The molecule has 7 nitrogen and oxygen atoms in total. The van der Waals surface area contributed by atoms with Gasteiger partial charge in [0.25, 0.3) is 5.91 Å². The molecule has 160 valence electrons. The summed E-state index contributed by atoms with van der Waals surface area (Å²) in [6.45, 7) is 2.51. The smallest absolute Gasteiger partial charge is 0.257 e. The number of amides is 1. The summed E-state index contributed by atoms with van der Waals surface area (Å²) in [5, 5.41) is 9.36. The Kier molecular flexibility index (Phi) is 6.23. The van der Waals surface area contributed by atoms with E-state index < -0.39 is 0 Å². The summed E-state index contributed by atoms with van der Waals surface area (Å²) >= 11 is 6.25. The first-order chi connectivity index (χ1) is 15.1. The van der Waals surface area contributed by atoms with Crippen molar-refractivity contribution in [3.05, 3.63) is 65.2 Å². The van der Waals surface area contributed by atoms with Crippen molar-refractivity contribution in [2.45, 2.75) is 0 Å². The number of piperazine rings is 1. The molecule has 2 aromatic carbocycles. The molecule has 0 N–H and O–H groups in total. The molecule has 0 spiro atoms. The number of carbonyl (C=O) groups is 1. The Hall–Kier alpha value is -3.32. The summed E-state index contributed by atoms with van der Waals surface area (Å²) in [6.07, 6.45) is 0. The topological polar surface area (TPSA) is 67.8 Å². The Bertz CT molecular complexity index is 1070. The third-order valence-electron chi connectivity index (χ3n) is 5.33. The molecule has 3 aromatic rings. The summed E-state index contributed by atoms with van der Waals surface area (Å²) in [5.41, 5.74) is 2.11. The maximum Gasteiger partial charge on any atom is 0.257 e. The van der Waals surface area contributed by atoms with Crippen LogP contribution in [0.4, 0.5) is 5.82 Å². The second-order valence-corrected chi connectivity index (χ2v) is 7.51. The van der Waals surface area contributed by atoms with E-state index in [2.05, 4.69) is 15.1 Å². The lowest BCUT2D eigenvalue weighted by atomic mass is 10.1. The van der Waals surface area contributed by atoms with E-state index in [4.69, 9.17) is 21.1 Å². The zero-order chi connectivity index (χ0) is 21.8. The zero-order valence-electron chi connectivity index (χ0n) is 17.4. The number of hydrogen-bond donors (Lipinski definition) is 0. The molecule has 0 aliphatic carbocycles. The average Bonchev–Trinajstić information content (AvgIpc) is 2.83. The van der Waals surface area contributed by atoms with Crippen LogP contribution in [-0.2, 0) is 0 Å². The fourth-order valence-electron chi connectivity index (χ4n) is 3.59. The van der Waals surface area contributed by atoms with Crippen molar-refractivity contribution in [2.75, 3.05) is 45.3 Å². The van der Waals surface area contributed by atoms with Crippen molar-refractivity contribution in [3.63, 3.8) is 0 Å². The van der Waals surface area contributed by atoms with Gasteiger partial charge in [0.15, 0.2) is 5.82 Å². The van der Waals surface area contributed by atoms with E-state index in [1.54, 1.807) is 32.4 Å². The van der Waals surface area contributed by atoms with Crippen molar-refractivity contribution >= 4 is 23.3 Å². The summed E-state index contributed by atoms with van der Waals surface area (Å²) in [6, 6.07) is 16.6. The van der Waals surface area contributed by atoms with Gasteiger partial charge in [-0.1, -0.05) is 29.8 Å². The number of halogens is 1.